The highest BCUT2D eigenvalue weighted by atomic mass is 32.2. The Bertz CT molecular complexity index is 995. The van der Waals surface area contributed by atoms with E-state index in [4.69, 9.17) is 4.74 Å². The lowest BCUT2D eigenvalue weighted by atomic mass is 9.98. The zero-order valence-electron chi connectivity index (χ0n) is 16.3. The van der Waals surface area contributed by atoms with Crippen LogP contribution in [0.15, 0.2) is 23.1 Å². The van der Waals surface area contributed by atoms with Gasteiger partial charge in [0, 0.05) is 24.9 Å². The number of hydrogen-bond donors (Lipinski definition) is 0. The second kappa shape index (κ2) is 6.99. The first-order valence-electron chi connectivity index (χ1n) is 8.87. The Kier molecular flexibility index (Phi) is 5.03. The lowest BCUT2D eigenvalue weighted by Crippen LogP contribution is -2.41. The largest absolute Gasteiger partial charge is 0.490 e. The summed E-state index contributed by atoms with van der Waals surface area (Å²) in [6.45, 7) is 6.61. The Morgan fingerprint density at radius 3 is 2.63 bits per heavy atom. The monoisotopic (exact) mass is 391 g/mol. The molecule has 0 bridgehead atoms. The fourth-order valence-corrected chi connectivity index (χ4v) is 4.07. The molecule has 0 saturated carbocycles. The van der Waals surface area contributed by atoms with E-state index in [1.54, 1.807) is 11.0 Å². The zero-order valence-corrected chi connectivity index (χ0v) is 17.1. The van der Waals surface area contributed by atoms with E-state index in [1.165, 1.54) is 12.1 Å². The van der Waals surface area contributed by atoms with E-state index in [0.29, 0.717) is 31.0 Å². The topological polar surface area (TPSA) is 81.5 Å². The molecule has 0 saturated heterocycles. The molecule has 1 aliphatic heterocycles. The van der Waals surface area contributed by atoms with Crippen LogP contribution in [-0.4, -0.2) is 43.5 Å². The van der Waals surface area contributed by atoms with Crippen LogP contribution in [0.1, 0.15) is 23.9 Å². The average Bonchev–Trinajstić information content (AvgIpc) is 2.85. The molecule has 0 radical (unpaired) electrons. The minimum atomic E-state index is -3.37. The highest BCUT2D eigenvalue weighted by molar-refractivity contribution is 7.90. The zero-order chi connectivity index (χ0) is 19.9. The predicted molar refractivity (Wildman–Crippen MR) is 103 cm³/mol. The van der Waals surface area contributed by atoms with Crippen LogP contribution < -0.4 is 9.64 Å². The van der Waals surface area contributed by atoms with Crippen LogP contribution in [0.5, 0.6) is 5.75 Å². The van der Waals surface area contributed by atoms with Crippen molar-refractivity contribution in [2.75, 3.05) is 24.3 Å². The van der Waals surface area contributed by atoms with Crippen LogP contribution in [-0.2, 0) is 28.1 Å². The number of aryl methyl sites for hydroxylation is 2. The van der Waals surface area contributed by atoms with Crippen molar-refractivity contribution in [2.45, 2.75) is 32.1 Å². The van der Waals surface area contributed by atoms with Crippen molar-refractivity contribution in [3.63, 3.8) is 0 Å². The van der Waals surface area contributed by atoms with Crippen molar-refractivity contribution in [1.82, 2.24) is 9.78 Å². The van der Waals surface area contributed by atoms with Gasteiger partial charge in [0.2, 0.25) is 5.91 Å². The first-order valence-corrected chi connectivity index (χ1v) is 10.8. The van der Waals surface area contributed by atoms with E-state index in [9.17, 15) is 13.2 Å². The third-order valence-corrected chi connectivity index (χ3v) is 6.19. The molecule has 3 rings (SSSR count). The van der Waals surface area contributed by atoms with Crippen molar-refractivity contribution in [2.24, 2.45) is 13.0 Å². The quantitative estimate of drug-likeness (QED) is 0.797. The summed E-state index contributed by atoms with van der Waals surface area (Å²) in [5.74, 6) is 0.218. The second-order valence-electron chi connectivity index (χ2n) is 7.12. The number of nitrogens with zero attached hydrogens (tertiary/aromatic N) is 3. The maximum atomic E-state index is 13.1. The fourth-order valence-electron chi connectivity index (χ4n) is 3.43. The molecule has 1 atom stereocenters. The number of fused-ring (bicyclic) bond motifs is 1. The standard InChI is InChI=1S/C19H25N3O4S/c1-12(10-16-13(2)20-21(4)14(16)3)19(23)22-8-9-26-18-7-6-15(11-17(18)22)27(5,24)25/h6-7,11-12H,8-10H2,1-5H3. The number of sulfone groups is 1. The normalized spacial score (nSPS) is 15.2. The van der Waals surface area contributed by atoms with Gasteiger partial charge in [-0.25, -0.2) is 8.42 Å². The van der Waals surface area contributed by atoms with E-state index >= 15 is 0 Å². The van der Waals surface area contributed by atoms with Crippen molar-refractivity contribution in [3.05, 3.63) is 35.2 Å². The van der Waals surface area contributed by atoms with Gasteiger partial charge < -0.3 is 9.64 Å². The summed E-state index contributed by atoms with van der Waals surface area (Å²) >= 11 is 0. The molecule has 1 aromatic carbocycles. The average molecular weight is 391 g/mol. The Hall–Kier alpha value is -2.35. The molecule has 1 aromatic heterocycles. The van der Waals surface area contributed by atoms with Gasteiger partial charge in [-0.3, -0.25) is 9.48 Å². The van der Waals surface area contributed by atoms with Crippen LogP contribution >= 0.6 is 0 Å². The molecule has 1 amide bonds. The first kappa shape index (κ1) is 19.4. The number of rotatable bonds is 4. The van der Waals surface area contributed by atoms with Crippen LogP contribution in [0.2, 0.25) is 0 Å². The van der Waals surface area contributed by atoms with Crippen LogP contribution in [0, 0.1) is 19.8 Å². The summed E-state index contributed by atoms with van der Waals surface area (Å²) in [6, 6.07) is 4.65. The molecule has 0 spiro atoms. The number of carbonyl (C=O) groups excluding carboxylic acids is 1. The van der Waals surface area contributed by atoms with E-state index in [2.05, 4.69) is 5.10 Å². The van der Waals surface area contributed by atoms with E-state index in [0.717, 1.165) is 23.2 Å². The molecule has 2 heterocycles. The van der Waals surface area contributed by atoms with Crippen molar-refractivity contribution in [3.8, 4) is 5.75 Å². The Morgan fingerprint density at radius 1 is 1.33 bits per heavy atom. The molecular formula is C19H25N3O4S. The Balaban J connectivity index is 1.90. The SMILES string of the molecule is Cc1nn(C)c(C)c1CC(C)C(=O)N1CCOc2ccc(S(C)(=O)=O)cc21. The summed E-state index contributed by atoms with van der Waals surface area (Å²) in [5, 5.41) is 4.42. The van der Waals surface area contributed by atoms with Crippen LogP contribution in [0.3, 0.4) is 0 Å². The number of carbonyl (C=O) groups is 1. The molecule has 0 N–H and O–H groups in total. The molecular weight excluding hydrogens is 366 g/mol. The van der Waals surface area contributed by atoms with Gasteiger partial charge in [0.25, 0.3) is 0 Å². The highest BCUT2D eigenvalue weighted by Crippen LogP contribution is 2.35. The Labute approximate surface area is 159 Å². The van der Waals surface area contributed by atoms with Crippen molar-refractivity contribution < 1.29 is 17.9 Å². The molecule has 146 valence electrons. The smallest absolute Gasteiger partial charge is 0.230 e. The van der Waals surface area contributed by atoms with Gasteiger partial charge in [-0.2, -0.15) is 5.10 Å². The molecule has 0 fully saturated rings. The number of benzene rings is 1. The molecule has 8 heteroatoms. The van der Waals surface area contributed by atoms with Gasteiger partial charge in [-0.1, -0.05) is 6.92 Å². The molecule has 2 aromatic rings. The Morgan fingerprint density at radius 2 is 2.04 bits per heavy atom. The number of ether oxygens (including phenoxy) is 1. The minimum Gasteiger partial charge on any atom is -0.490 e. The molecule has 7 nitrogen and oxygen atoms in total. The van der Waals surface area contributed by atoms with E-state index < -0.39 is 9.84 Å². The summed E-state index contributed by atoms with van der Waals surface area (Å²) < 4.78 is 31.2. The second-order valence-corrected chi connectivity index (χ2v) is 9.13. The third kappa shape index (κ3) is 3.71. The van der Waals surface area contributed by atoms with Crippen LogP contribution in [0.4, 0.5) is 5.69 Å². The van der Waals surface area contributed by atoms with Gasteiger partial charge in [0.15, 0.2) is 9.84 Å². The fraction of sp³-hybridized carbons (Fsp3) is 0.474. The summed E-state index contributed by atoms with van der Waals surface area (Å²) in [5.41, 5.74) is 3.57. The number of anilines is 1. The van der Waals surface area contributed by atoms with E-state index in [1.807, 2.05) is 32.5 Å². The summed E-state index contributed by atoms with van der Waals surface area (Å²) in [6.07, 6.45) is 1.74. The van der Waals surface area contributed by atoms with E-state index in [-0.39, 0.29) is 16.7 Å². The minimum absolute atomic E-state index is 0.0483. The third-order valence-electron chi connectivity index (χ3n) is 5.08. The molecule has 27 heavy (non-hydrogen) atoms. The van der Waals surface area contributed by atoms with Gasteiger partial charge in [0.05, 0.1) is 22.8 Å². The molecule has 0 aliphatic carbocycles. The predicted octanol–water partition coefficient (Wildman–Crippen LogP) is 2.04. The number of amides is 1. The first-order chi connectivity index (χ1) is 12.6. The summed E-state index contributed by atoms with van der Waals surface area (Å²) in [7, 11) is -1.48. The maximum absolute atomic E-state index is 13.1. The number of aromatic nitrogens is 2. The van der Waals surface area contributed by atoms with Crippen molar-refractivity contribution >= 4 is 21.4 Å². The number of hydrogen-bond acceptors (Lipinski definition) is 5. The molecule has 1 aliphatic rings. The molecule has 1 unspecified atom stereocenters. The van der Waals surface area contributed by atoms with Gasteiger partial charge in [-0.05, 0) is 44.0 Å². The van der Waals surface area contributed by atoms with Gasteiger partial charge >= 0.3 is 0 Å². The van der Waals surface area contributed by atoms with Crippen LogP contribution in [0.25, 0.3) is 0 Å². The maximum Gasteiger partial charge on any atom is 0.230 e. The van der Waals surface area contributed by atoms with Gasteiger partial charge in [0.1, 0.15) is 12.4 Å². The summed E-state index contributed by atoms with van der Waals surface area (Å²) in [4.78, 5) is 15.0. The highest BCUT2D eigenvalue weighted by Gasteiger charge is 2.29. The lowest BCUT2D eigenvalue weighted by molar-refractivity contribution is -0.122. The van der Waals surface area contributed by atoms with Crippen molar-refractivity contribution in [1.29, 1.82) is 0 Å². The van der Waals surface area contributed by atoms with Gasteiger partial charge in [-0.15, -0.1) is 0 Å². The lowest BCUT2D eigenvalue weighted by Gasteiger charge is -2.31.